The fourth-order valence-corrected chi connectivity index (χ4v) is 1.41. The van der Waals surface area contributed by atoms with Crippen LogP contribution in [0.5, 0.6) is 0 Å². The molecular formula is C13H18FN. The standard InChI is InChI=1S/C13H18FN/c1-4-9(2)7-13(15)11-6-5-10(3)12(14)8-11/h5-6,8,13H,2,4,7,15H2,1,3H3. The van der Waals surface area contributed by atoms with Crippen LogP contribution in [0.15, 0.2) is 30.4 Å². The average molecular weight is 207 g/mol. The third-order valence-corrected chi connectivity index (χ3v) is 2.63. The van der Waals surface area contributed by atoms with Crippen molar-refractivity contribution in [1.82, 2.24) is 0 Å². The number of nitrogens with two attached hydrogens (primary N) is 1. The van der Waals surface area contributed by atoms with Gasteiger partial charge in [0.05, 0.1) is 0 Å². The summed E-state index contributed by atoms with van der Waals surface area (Å²) in [5.74, 6) is -0.190. The van der Waals surface area contributed by atoms with Crippen molar-refractivity contribution in [1.29, 1.82) is 0 Å². The molecule has 1 rings (SSSR count). The van der Waals surface area contributed by atoms with E-state index in [0.29, 0.717) is 5.56 Å². The summed E-state index contributed by atoms with van der Waals surface area (Å²) in [6.07, 6.45) is 1.64. The number of benzene rings is 1. The van der Waals surface area contributed by atoms with Gasteiger partial charge in [0.1, 0.15) is 5.82 Å². The van der Waals surface area contributed by atoms with Crippen molar-refractivity contribution < 1.29 is 4.39 Å². The van der Waals surface area contributed by atoms with Crippen molar-refractivity contribution in [3.05, 3.63) is 47.3 Å². The topological polar surface area (TPSA) is 26.0 Å². The Bertz CT molecular complexity index is 358. The molecule has 1 aromatic carbocycles. The van der Waals surface area contributed by atoms with E-state index in [9.17, 15) is 4.39 Å². The van der Waals surface area contributed by atoms with E-state index in [4.69, 9.17) is 5.73 Å². The van der Waals surface area contributed by atoms with Crippen LogP contribution in [0.3, 0.4) is 0 Å². The summed E-state index contributed by atoms with van der Waals surface area (Å²) in [5, 5.41) is 0. The summed E-state index contributed by atoms with van der Waals surface area (Å²) in [5.41, 5.74) is 8.56. The lowest BCUT2D eigenvalue weighted by Gasteiger charge is -2.13. The highest BCUT2D eigenvalue weighted by molar-refractivity contribution is 5.26. The Kier molecular flexibility index (Phi) is 4.04. The maximum Gasteiger partial charge on any atom is 0.126 e. The Balaban J connectivity index is 2.78. The van der Waals surface area contributed by atoms with E-state index >= 15 is 0 Å². The third-order valence-electron chi connectivity index (χ3n) is 2.63. The molecule has 1 unspecified atom stereocenters. The van der Waals surface area contributed by atoms with Crippen molar-refractivity contribution in [2.75, 3.05) is 0 Å². The van der Waals surface area contributed by atoms with E-state index < -0.39 is 0 Å². The van der Waals surface area contributed by atoms with Crippen molar-refractivity contribution >= 4 is 0 Å². The molecule has 0 aliphatic carbocycles. The zero-order valence-electron chi connectivity index (χ0n) is 9.39. The normalized spacial score (nSPS) is 12.5. The highest BCUT2D eigenvalue weighted by Gasteiger charge is 2.08. The molecule has 0 aliphatic heterocycles. The zero-order chi connectivity index (χ0) is 11.4. The van der Waals surface area contributed by atoms with Crippen LogP contribution in [0.2, 0.25) is 0 Å². The maximum absolute atomic E-state index is 13.3. The van der Waals surface area contributed by atoms with Crippen LogP contribution < -0.4 is 5.73 Å². The summed E-state index contributed by atoms with van der Waals surface area (Å²) in [6, 6.07) is 5.02. The van der Waals surface area contributed by atoms with Gasteiger partial charge < -0.3 is 5.73 Å². The van der Waals surface area contributed by atoms with Gasteiger partial charge in [-0.2, -0.15) is 0 Å². The first kappa shape index (κ1) is 11.9. The van der Waals surface area contributed by atoms with Gasteiger partial charge in [0.25, 0.3) is 0 Å². The Morgan fingerprint density at radius 2 is 2.20 bits per heavy atom. The quantitative estimate of drug-likeness (QED) is 0.751. The maximum atomic E-state index is 13.3. The van der Waals surface area contributed by atoms with Crippen molar-refractivity contribution in [2.24, 2.45) is 5.73 Å². The van der Waals surface area contributed by atoms with E-state index in [1.165, 1.54) is 6.07 Å². The lowest BCUT2D eigenvalue weighted by Crippen LogP contribution is -2.11. The van der Waals surface area contributed by atoms with Crippen LogP contribution in [-0.2, 0) is 0 Å². The molecule has 15 heavy (non-hydrogen) atoms. The highest BCUT2D eigenvalue weighted by Crippen LogP contribution is 2.21. The Hall–Kier alpha value is -1.15. The molecule has 1 nitrogen and oxygen atoms in total. The van der Waals surface area contributed by atoms with Gasteiger partial charge in [-0.05, 0) is 37.0 Å². The summed E-state index contributed by atoms with van der Waals surface area (Å²) in [4.78, 5) is 0. The van der Waals surface area contributed by atoms with Gasteiger partial charge in [0.2, 0.25) is 0 Å². The van der Waals surface area contributed by atoms with Gasteiger partial charge in [-0.1, -0.05) is 31.2 Å². The SMILES string of the molecule is C=C(CC)CC(N)c1ccc(C)c(F)c1. The number of aryl methyl sites for hydroxylation is 1. The van der Waals surface area contributed by atoms with Crippen molar-refractivity contribution in [3.63, 3.8) is 0 Å². The van der Waals surface area contributed by atoms with Crippen LogP contribution in [0.4, 0.5) is 4.39 Å². The largest absolute Gasteiger partial charge is 0.324 e. The lowest BCUT2D eigenvalue weighted by molar-refractivity contribution is 0.608. The number of rotatable bonds is 4. The molecule has 0 amide bonds. The smallest absolute Gasteiger partial charge is 0.126 e. The first-order chi connectivity index (χ1) is 7.04. The van der Waals surface area contributed by atoms with E-state index in [-0.39, 0.29) is 11.9 Å². The Morgan fingerprint density at radius 3 is 2.73 bits per heavy atom. The first-order valence-electron chi connectivity index (χ1n) is 5.23. The summed E-state index contributed by atoms with van der Waals surface area (Å²) in [7, 11) is 0. The van der Waals surface area contributed by atoms with Gasteiger partial charge in [0.15, 0.2) is 0 Å². The molecule has 0 radical (unpaired) electrons. The van der Waals surface area contributed by atoms with E-state index in [2.05, 4.69) is 6.58 Å². The Morgan fingerprint density at radius 1 is 1.53 bits per heavy atom. The minimum atomic E-state index is -0.190. The second kappa shape index (κ2) is 5.08. The van der Waals surface area contributed by atoms with Crippen molar-refractivity contribution in [3.8, 4) is 0 Å². The average Bonchev–Trinajstić information content (AvgIpc) is 2.21. The van der Waals surface area contributed by atoms with E-state index in [1.54, 1.807) is 13.0 Å². The number of halogens is 1. The third kappa shape index (κ3) is 3.17. The van der Waals surface area contributed by atoms with Gasteiger partial charge in [0, 0.05) is 6.04 Å². The fourth-order valence-electron chi connectivity index (χ4n) is 1.41. The zero-order valence-corrected chi connectivity index (χ0v) is 9.39. The molecule has 0 saturated carbocycles. The second-order valence-corrected chi connectivity index (χ2v) is 3.92. The van der Waals surface area contributed by atoms with Crippen LogP contribution in [0.25, 0.3) is 0 Å². The molecule has 82 valence electrons. The molecular weight excluding hydrogens is 189 g/mol. The molecule has 2 heteroatoms. The molecule has 2 N–H and O–H groups in total. The minimum Gasteiger partial charge on any atom is -0.324 e. The second-order valence-electron chi connectivity index (χ2n) is 3.92. The van der Waals surface area contributed by atoms with Crippen molar-refractivity contribution in [2.45, 2.75) is 32.7 Å². The molecule has 0 aromatic heterocycles. The summed E-state index contributed by atoms with van der Waals surface area (Å²) >= 11 is 0. The van der Waals surface area contributed by atoms with Gasteiger partial charge in [-0.15, -0.1) is 0 Å². The predicted octanol–water partition coefficient (Wildman–Crippen LogP) is 3.49. The van der Waals surface area contributed by atoms with Crippen LogP contribution in [0.1, 0.15) is 36.9 Å². The van der Waals surface area contributed by atoms with Gasteiger partial charge in [-0.25, -0.2) is 4.39 Å². The molecule has 0 spiro atoms. The molecule has 0 saturated heterocycles. The molecule has 0 fully saturated rings. The minimum absolute atomic E-state index is 0.146. The highest BCUT2D eigenvalue weighted by atomic mass is 19.1. The van der Waals surface area contributed by atoms with Crippen LogP contribution in [0, 0.1) is 12.7 Å². The van der Waals surface area contributed by atoms with Gasteiger partial charge >= 0.3 is 0 Å². The molecule has 0 aliphatic rings. The molecule has 0 bridgehead atoms. The molecule has 0 heterocycles. The van der Waals surface area contributed by atoms with Crippen LogP contribution >= 0.6 is 0 Å². The number of hydrogen-bond donors (Lipinski definition) is 1. The fraction of sp³-hybridized carbons (Fsp3) is 0.385. The Labute approximate surface area is 90.8 Å². The summed E-state index contributed by atoms with van der Waals surface area (Å²) in [6.45, 7) is 7.70. The predicted molar refractivity (Wildman–Crippen MR) is 62.1 cm³/mol. The molecule has 1 atom stereocenters. The first-order valence-corrected chi connectivity index (χ1v) is 5.23. The summed E-state index contributed by atoms with van der Waals surface area (Å²) < 4.78 is 13.3. The lowest BCUT2D eigenvalue weighted by atomic mass is 9.98. The molecule has 1 aromatic rings. The van der Waals surface area contributed by atoms with Gasteiger partial charge in [-0.3, -0.25) is 0 Å². The monoisotopic (exact) mass is 207 g/mol. The number of hydrogen-bond acceptors (Lipinski definition) is 1. The van der Waals surface area contributed by atoms with Crippen LogP contribution in [-0.4, -0.2) is 0 Å². The van der Waals surface area contributed by atoms with E-state index in [0.717, 1.165) is 24.0 Å². The van der Waals surface area contributed by atoms with E-state index in [1.807, 2.05) is 13.0 Å².